The number of carbonyl (C=O) groups excluding carboxylic acids is 1. The Morgan fingerprint density at radius 2 is 1.92 bits per heavy atom. The quantitative estimate of drug-likeness (QED) is 0.647. The Labute approximate surface area is 157 Å². The number of nitrogens with one attached hydrogen (secondary N) is 1. The normalized spacial score (nSPS) is 12.0. The number of nitrogens with zero attached hydrogens (tertiary/aromatic N) is 1. The first-order valence-electron chi connectivity index (χ1n) is 8.56. The van der Waals surface area contributed by atoms with Gasteiger partial charge < -0.3 is 9.47 Å². The second-order valence-corrected chi connectivity index (χ2v) is 7.10. The number of carbonyl (C=O) groups is 1. The molecule has 1 heterocycles. The molecule has 0 aliphatic rings. The van der Waals surface area contributed by atoms with E-state index < -0.39 is 0 Å². The maximum absolute atomic E-state index is 12.1. The molecule has 0 aliphatic heterocycles. The van der Waals surface area contributed by atoms with Gasteiger partial charge in [-0.05, 0) is 48.2 Å². The molecule has 0 spiro atoms. The highest BCUT2D eigenvalue weighted by Crippen LogP contribution is 2.29. The number of amides is 1. The Bertz CT molecular complexity index is 890. The van der Waals surface area contributed by atoms with Crippen LogP contribution >= 0.6 is 11.3 Å². The number of anilines is 1. The maximum atomic E-state index is 12.1. The summed E-state index contributed by atoms with van der Waals surface area (Å²) >= 11 is 1.41. The molecule has 136 valence electrons. The predicted molar refractivity (Wildman–Crippen MR) is 105 cm³/mol. The van der Waals surface area contributed by atoms with Crippen molar-refractivity contribution in [1.29, 1.82) is 0 Å². The van der Waals surface area contributed by atoms with Gasteiger partial charge in [0.1, 0.15) is 11.5 Å². The van der Waals surface area contributed by atoms with E-state index in [-0.39, 0.29) is 12.5 Å². The molecular weight excluding hydrogens is 348 g/mol. The number of methoxy groups -OCH3 is 1. The van der Waals surface area contributed by atoms with Crippen LogP contribution in [0.5, 0.6) is 11.5 Å². The summed E-state index contributed by atoms with van der Waals surface area (Å²) in [4.78, 5) is 16.5. The third-order valence-electron chi connectivity index (χ3n) is 4.27. The molecule has 6 heteroatoms. The molecule has 0 aliphatic carbocycles. The lowest BCUT2D eigenvalue weighted by molar-refractivity contribution is -0.118. The Kier molecular flexibility index (Phi) is 5.73. The van der Waals surface area contributed by atoms with Gasteiger partial charge in [-0.25, -0.2) is 4.98 Å². The zero-order valence-corrected chi connectivity index (χ0v) is 15.9. The molecule has 2 aromatic carbocycles. The van der Waals surface area contributed by atoms with E-state index in [0.717, 1.165) is 22.4 Å². The summed E-state index contributed by atoms with van der Waals surface area (Å²) in [5.74, 6) is 1.73. The Morgan fingerprint density at radius 3 is 2.62 bits per heavy atom. The zero-order chi connectivity index (χ0) is 18.5. The van der Waals surface area contributed by atoms with Crippen LogP contribution in [0.4, 0.5) is 5.13 Å². The molecule has 3 aromatic rings. The van der Waals surface area contributed by atoms with Gasteiger partial charge in [0.05, 0.1) is 17.3 Å². The van der Waals surface area contributed by atoms with Crippen LogP contribution in [0.25, 0.3) is 10.2 Å². The standard InChI is InChI=1S/C20H22N2O3S/c1-4-13(2)14-5-7-15(8-6-14)25-12-19(23)22-20-21-17-10-9-16(24-3)11-18(17)26-20/h5-11,13H,4,12H2,1-3H3,(H,21,22,23)/t13-/m0/s1. The topological polar surface area (TPSA) is 60.5 Å². The first-order chi connectivity index (χ1) is 12.6. The predicted octanol–water partition coefficient (Wildman–Crippen LogP) is 4.84. The molecule has 26 heavy (non-hydrogen) atoms. The monoisotopic (exact) mass is 370 g/mol. The lowest BCUT2D eigenvalue weighted by atomic mass is 9.99. The lowest BCUT2D eigenvalue weighted by Crippen LogP contribution is -2.20. The van der Waals surface area contributed by atoms with Crippen molar-refractivity contribution in [2.24, 2.45) is 0 Å². The van der Waals surface area contributed by atoms with E-state index in [0.29, 0.717) is 16.8 Å². The first-order valence-corrected chi connectivity index (χ1v) is 9.38. The second-order valence-electron chi connectivity index (χ2n) is 6.07. The van der Waals surface area contributed by atoms with Crippen molar-refractivity contribution in [2.45, 2.75) is 26.2 Å². The SMILES string of the molecule is CC[C@H](C)c1ccc(OCC(=O)Nc2nc3ccc(OC)cc3s2)cc1. The van der Waals surface area contributed by atoms with Gasteiger partial charge in [0, 0.05) is 0 Å². The number of ether oxygens (including phenoxy) is 2. The van der Waals surface area contributed by atoms with Crippen molar-refractivity contribution < 1.29 is 14.3 Å². The lowest BCUT2D eigenvalue weighted by Gasteiger charge is -2.10. The molecule has 0 saturated heterocycles. The van der Waals surface area contributed by atoms with Crippen LogP contribution in [-0.4, -0.2) is 24.6 Å². The summed E-state index contributed by atoms with van der Waals surface area (Å²) in [6, 6.07) is 13.5. The van der Waals surface area contributed by atoms with Gasteiger partial charge in [-0.3, -0.25) is 10.1 Å². The third-order valence-corrected chi connectivity index (χ3v) is 5.21. The van der Waals surface area contributed by atoms with E-state index in [1.807, 2.05) is 42.5 Å². The van der Waals surface area contributed by atoms with E-state index in [4.69, 9.17) is 9.47 Å². The highest BCUT2D eigenvalue weighted by atomic mass is 32.1. The first kappa shape index (κ1) is 18.2. The van der Waals surface area contributed by atoms with Crippen molar-refractivity contribution in [3.05, 3.63) is 48.0 Å². The van der Waals surface area contributed by atoms with Crippen molar-refractivity contribution in [1.82, 2.24) is 4.98 Å². The number of thiazole rings is 1. The van der Waals surface area contributed by atoms with E-state index in [9.17, 15) is 4.79 Å². The summed E-state index contributed by atoms with van der Waals surface area (Å²) < 4.78 is 11.7. The van der Waals surface area contributed by atoms with Gasteiger partial charge in [0.25, 0.3) is 5.91 Å². The van der Waals surface area contributed by atoms with E-state index >= 15 is 0 Å². The van der Waals surface area contributed by atoms with Crippen LogP contribution in [0.1, 0.15) is 31.7 Å². The minimum absolute atomic E-state index is 0.0536. The number of rotatable bonds is 7. The highest BCUT2D eigenvalue weighted by molar-refractivity contribution is 7.22. The molecule has 1 atom stereocenters. The molecule has 0 bridgehead atoms. The van der Waals surface area contributed by atoms with Crippen LogP contribution in [0.3, 0.4) is 0 Å². The van der Waals surface area contributed by atoms with Gasteiger partial charge in [-0.2, -0.15) is 0 Å². The Balaban J connectivity index is 1.57. The van der Waals surface area contributed by atoms with Gasteiger partial charge in [-0.1, -0.05) is 37.3 Å². The largest absolute Gasteiger partial charge is 0.497 e. The fourth-order valence-corrected chi connectivity index (χ4v) is 3.43. The zero-order valence-electron chi connectivity index (χ0n) is 15.1. The van der Waals surface area contributed by atoms with E-state index in [1.54, 1.807) is 7.11 Å². The minimum Gasteiger partial charge on any atom is -0.497 e. The summed E-state index contributed by atoms with van der Waals surface area (Å²) in [6.45, 7) is 4.30. The smallest absolute Gasteiger partial charge is 0.264 e. The summed E-state index contributed by atoms with van der Waals surface area (Å²) in [6.07, 6.45) is 1.09. The van der Waals surface area contributed by atoms with Gasteiger partial charge in [-0.15, -0.1) is 0 Å². The van der Waals surface area contributed by atoms with E-state index in [2.05, 4.69) is 24.1 Å². The number of benzene rings is 2. The van der Waals surface area contributed by atoms with Gasteiger partial charge >= 0.3 is 0 Å². The number of aromatic nitrogens is 1. The van der Waals surface area contributed by atoms with Crippen LogP contribution in [-0.2, 0) is 4.79 Å². The van der Waals surface area contributed by atoms with Crippen LogP contribution in [0.2, 0.25) is 0 Å². The van der Waals surface area contributed by atoms with Crippen LogP contribution in [0.15, 0.2) is 42.5 Å². The van der Waals surface area contributed by atoms with Crippen molar-refractivity contribution in [3.8, 4) is 11.5 Å². The molecule has 0 radical (unpaired) electrons. The molecule has 0 saturated carbocycles. The van der Waals surface area contributed by atoms with Gasteiger partial charge in [0.15, 0.2) is 11.7 Å². The van der Waals surface area contributed by atoms with Gasteiger partial charge in [0.2, 0.25) is 0 Å². The Hall–Kier alpha value is -2.60. The van der Waals surface area contributed by atoms with Crippen LogP contribution in [0, 0.1) is 0 Å². The molecule has 1 amide bonds. The Morgan fingerprint density at radius 1 is 1.19 bits per heavy atom. The van der Waals surface area contributed by atoms with Crippen LogP contribution < -0.4 is 14.8 Å². The molecule has 1 N–H and O–H groups in total. The number of hydrogen-bond donors (Lipinski definition) is 1. The maximum Gasteiger partial charge on any atom is 0.264 e. The van der Waals surface area contributed by atoms with Crippen molar-refractivity contribution in [3.63, 3.8) is 0 Å². The average Bonchev–Trinajstić information content (AvgIpc) is 3.07. The van der Waals surface area contributed by atoms with Crippen molar-refractivity contribution in [2.75, 3.05) is 19.0 Å². The summed E-state index contributed by atoms with van der Waals surface area (Å²) in [5, 5.41) is 3.33. The highest BCUT2D eigenvalue weighted by Gasteiger charge is 2.10. The third kappa shape index (κ3) is 4.32. The molecule has 3 rings (SSSR count). The van der Waals surface area contributed by atoms with E-state index in [1.165, 1.54) is 16.9 Å². The summed E-state index contributed by atoms with van der Waals surface area (Å²) in [5.41, 5.74) is 2.10. The molecule has 5 nitrogen and oxygen atoms in total. The molecule has 0 fully saturated rings. The van der Waals surface area contributed by atoms with Crippen molar-refractivity contribution >= 4 is 32.6 Å². The number of fused-ring (bicyclic) bond motifs is 1. The molecule has 1 aromatic heterocycles. The fourth-order valence-electron chi connectivity index (χ4n) is 2.52. The number of hydrogen-bond acceptors (Lipinski definition) is 5. The molecule has 0 unspecified atom stereocenters. The average molecular weight is 370 g/mol. The minimum atomic E-state index is -0.234. The fraction of sp³-hybridized carbons (Fsp3) is 0.300. The molecular formula is C20H22N2O3S. The summed E-state index contributed by atoms with van der Waals surface area (Å²) in [7, 11) is 1.62. The second kappa shape index (κ2) is 8.19.